The molecule has 0 aliphatic carbocycles. The molecule has 2 aromatic carbocycles. The zero-order valence-electron chi connectivity index (χ0n) is 12.0. The molecular weight excluding hydrogens is 266 g/mol. The molecule has 0 amide bonds. The van der Waals surface area contributed by atoms with E-state index in [9.17, 15) is 15.3 Å². The van der Waals surface area contributed by atoms with E-state index in [1.54, 1.807) is 36.4 Å². The van der Waals surface area contributed by atoms with Gasteiger partial charge < -0.3 is 20.6 Å². The number of hydrogen-bond acceptors (Lipinski definition) is 4. The number of hydrogen-bond donors (Lipinski definition) is 4. The van der Waals surface area contributed by atoms with Gasteiger partial charge in [0.1, 0.15) is 11.5 Å². The fraction of sp³-hybridized carbons (Fsp3) is 0.294. The minimum Gasteiger partial charge on any atom is -0.508 e. The lowest BCUT2D eigenvalue weighted by Crippen LogP contribution is -2.33. The topological polar surface area (TPSA) is 72.7 Å². The van der Waals surface area contributed by atoms with E-state index in [1.165, 1.54) is 0 Å². The van der Waals surface area contributed by atoms with Gasteiger partial charge in [-0.1, -0.05) is 24.3 Å². The van der Waals surface area contributed by atoms with Crippen LogP contribution in [0.3, 0.4) is 0 Å². The lowest BCUT2D eigenvalue weighted by Gasteiger charge is -2.20. The molecule has 0 fully saturated rings. The van der Waals surface area contributed by atoms with Crippen molar-refractivity contribution in [3.8, 4) is 11.5 Å². The molecule has 2 atom stereocenters. The number of rotatable bonds is 6. The molecule has 0 aromatic heterocycles. The fourth-order valence-corrected chi connectivity index (χ4v) is 2.18. The Hall–Kier alpha value is -2.04. The van der Waals surface area contributed by atoms with E-state index in [0.717, 1.165) is 24.1 Å². The van der Waals surface area contributed by atoms with Crippen molar-refractivity contribution >= 4 is 0 Å². The van der Waals surface area contributed by atoms with Gasteiger partial charge in [0.15, 0.2) is 0 Å². The molecule has 4 heteroatoms. The molecule has 4 N–H and O–H groups in total. The van der Waals surface area contributed by atoms with Gasteiger partial charge in [-0.15, -0.1) is 0 Å². The standard InChI is InChI=1S/C17H21NO3/c1-12(17(21)14-4-8-16(20)9-5-14)18-11-10-13-2-6-15(19)7-3-13/h2-9,12,17-21H,10-11H2,1H3/t12?,17-/m1/s1. The lowest BCUT2D eigenvalue weighted by atomic mass is 10.0. The van der Waals surface area contributed by atoms with E-state index in [-0.39, 0.29) is 17.5 Å². The van der Waals surface area contributed by atoms with Crippen molar-refractivity contribution in [2.24, 2.45) is 0 Å². The first-order valence-corrected chi connectivity index (χ1v) is 7.04. The van der Waals surface area contributed by atoms with E-state index >= 15 is 0 Å². The van der Waals surface area contributed by atoms with Gasteiger partial charge in [-0.05, 0) is 55.3 Å². The summed E-state index contributed by atoms with van der Waals surface area (Å²) < 4.78 is 0. The molecule has 0 heterocycles. The molecule has 0 radical (unpaired) electrons. The van der Waals surface area contributed by atoms with Gasteiger partial charge >= 0.3 is 0 Å². The SMILES string of the molecule is CC(NCCc1ccc(O)cc1)[C@@H](O)c1ccc(O)cc1. The van der Waals surface area contributed by atoms with Crippen molar-refractivity contribution in [3.63, 3.8) is 0 Å². The maximum absolute atomic E-state index is 10.2. The summed E-state index contributed by atoms with van der Waals surface area (Å²) in [5, 5.41) is 32.0. The number of aromatic hydroxyl groups is 2. The second kappa shape index (κ2) is 7.11. The van der Waals surface area contributed by atoms with Crippen LogP contribution < -0.4 is 5.32 Å². The molecular formula is C17H21NO3. The molecule has 0 aliphatic rings. The zero-order chi connectivity index (χ0) is 15.2. The third-order valence-electron chi connectivity index (χ3n) is 3.52. The molecule has 0 saturated carbocycles. The van der Waals surface area contributed by atoms with E-state index < -0.39 is 6.10 Å². The summed E-state index contributed by atoms with van der Waals surface area (Å²) in [5.74, 6) is 0.460. The van der Waals surface area contributed by atoms with Crippen LogP contribution in [0.2, 0.25) is 0 Å². The van der Waals surface area contributed by atoms with Crippen LogP contribution in [0.4, 0.5) is 0 Å². The number of benzene rings is 2. The number of phenols is 2. The number of aliphatic hydroxyl groups excluding tert-OH is 1. The average molecular weight is 287 g/mol. The Morgan fingerprint density at radius 1 is 0.905 bits per heavy atom. The van der Waals surface area contributed by atoms with Gasteiger partial charge in [0, 0.05) is 6.04 Å². The van der Waals surface area contributed by atoms with E-state index in [4.69, 9.17) is 0 Å². The Bertz CT molecular complexity index is 551. The van der Waals surface area contributed by atoms with Crippen LogP contribution in [0.15, 0.2) is 48.5 Å². The molecule has 0 saturated heterocycles. The van der Waals surface area contributed by atoms with Crippen LogP contribution in [-0.2, 0) is 6.42 Å². The highest BCUT2D eigenvalue weighted by atomic mass is 16.3. The lowest BCUT2D eigenvalue weighted by molar-refractivity contribution is 0.136. The largest absolute Gasteiger partial charge is 0.508 e. The summed E-state index contributed by atoms with van der Waals surface area (Å²) in [6.45, 7) is 2.66. The average Bonchev–Trinajstić information content (AvgIpc) is 2.49. The van der Waals surface area contributed by atoms with Crippen LogP contribution in [-0.4, -0.2) is 27.9 Å². The molecule has 2 rings (SSSR count). The van der Waals surface area contributed by atoms with Crippen molar-refractivity contribution < 1.29 is 15.3 Å². The Labute approximate surface area is 124 Å². The molecule has 4 nitrogen and oxygen atoms in total. The Morgan fingerprint density at radius 2 is 1.43 bits per heavy atom. The van der Waals surface area contributed by atoms with Gasteiger partial charge in [-0.25, -0.2) is 0 Å². The maximum Gasteiger partial charge on any atom is 0.115 e. The molecule has 0 spiro atoms. The van der Waals surface area contributed by atoms with Crippen molar-refractivity contribution in [2.75, 3.05) is 6.54 Å². The van der Waals surface area contributed by atoms with Crippen molar-refractivity contribution in [3.05, 3.63) is 59.7 Å². The highest BCUT2D eigenvalue weighted by Crippen LogP contribution is 2.19. The molecule has 0 bridgehead atoms. The molecule has 112 valence electrons. The van der Waals surface area contributed by atoms with E-state index in [1.807, 2.05) is 19.1 Å². The van der Waals surface area contributed by atoms with Crippen molar-refractivity contribution in [1.29, 1.82) is 0 Å². The monoisotopic (exact) mass is 287 g/mol. The molecule has 2 aromatic rings. The highest BCUT2D eigenvalue weighted by Gasteiger charge is 2.15. The number of aliphatic hydroxyl groups is 1. The van der Waals surface area contributed by atoms with Crippen LogP contribution in [0.5, 0.6) is 11.5 Å². The van der Waals surface area contributed by atoms with Gasteiger partial charge in [0.05, 0.1) is 6.10 Å². The van der Waals surface area contributed by atoms with Gasteiger partial charge in [-0.2, -0.15) is 0 Å². The van der Waals surface area contributed by atoms with Gasteiger partial charge in [-0.3, -0.25) is 0 Å². The molecule has 21 heavy (non-hydrogen) atoms. The van der Waals surface area contributed by atoms with Crippen molar-refractivity contribution in [1.82, 2.24) is 5.32 Å². The van der Waals surface area contributed by atoms with E-state index in [2.05, 4.69) is 5.32 Å². The smallest absolute Gasteiger partial charge is 0.115 e. The predicted octanol–water partition coefficient (Wildman–Crippen LogP) is 2.35. The van der Waals surface area contributed by atoms with Crippen LogP contribution in [0.1, 0.15) is 24.2 Å². The fourth-order valence-electron chi connectivity index (χ4n) is 2.18. The van der Waals surface area contributed by atoms with Gasteiger partial charge in [0.2, 0.25) is 0 Å². The predicted molar refractivity (Wildman–Crippen MR) is 82.3 cm³/mol. The first kappa shape index (κ1) is 15.4. The van der Waals surface area contributed by atoms with Crippen molar-refractivity contribution in [2.45, 2.75) is 25.5 Å². The second-order valence-corrected chi connectivity index (χ2v) is 5.20. The maximum atomic E-state index is 10.2. The third kappa shape index (κ3) is 4.48. The first-order chi connectivity index (χ1) is 10.1. The van der Waals surface area contributed by atoms with Gasteiger partial charge in [0.25, 0.3) is 0 Å². The highest BCUT2D eigenvalue weighted by molar-refractivity contribution is 5.28. The number of phenolic OH excluding ortho intramolecular Hbond substituents is 2. The molecule has 1 unspecified atom stereocenters. The van der Waals surface area contributed by atoms with Crippen LogP contribution in [0, 0.1) is 0 Å². The summed E-state index contributed by atoms with van der Waals surface area (Å²) in [4.78, 5) is 0. The Kier molecular flexibility index (Phi) is 5.20. The van der Waals surface area contributed by atoms with Crippen LogP contribution in [0.25, 0.3) is 0 Å². The summed E-state index contributed by atoms with van der Waals surface area (Å²) in [6, 6.07) is 13.6. The molecule has 0 aliphatic heterocycles. The summed E-state index contributed by atoms with van der Waals surface area (Å²) in [5.41, 5.74) is 1.91. The zero-order valence-corrected chi connectivity index (χ0v) is 12.0. The quantitative estimate of drug-likeness (QED) is 0.658. The Morgan fingerprint density at radius 3 is 2.00 bits per heavy atom. The summed E-state index contributed by atoms with van der Waals surface area (Å²) >= 11 is 0. The third-order valence-corrected chi connectivity index (χ3v) is 3.52. The van der Waals surface area contributed by atoms with Crippen LogP contribution >= 0.6 is 0 Å². The first-order valence-electron chi connectivity index (χ1n) is 7.04. The second-order valence-electron chi connectivity index (χ2n) is 5.20. The minimum absolute atomic E-state index is 0.0911. The summed E-state index contributed by atoms with van der Waals surface area (Å²) in [7, 11) is 0. The minimum atomic E-state index is -0.620. The summed E-state index contributed by atoms with van der Waals surface area (Å²) in [6.07, 6.45) is 0.206. The van der Waals surface area contributed by atoms with E-state index in [0.29, 0.717) is 0 Å². The normalized spacial score (nSPS) is 13.8. The Balaban J connectivity index is 1.82. The number of nitrogens with one attached hydrogen (secondary N) is 1.